The molecule has 2 aromatic rings. The minimum atomic E-state index is 0.0659. The summed E-state index contributed by atoms with van der Waals surface area (Å²) in [6.45, 7) is 4.11. The maximum atomic E-state index is 11.9. The summed E-state index contributed by atoms with van der Waals surface area (Å²) >= 11 is 1.67. The number of rotatable bonds is 5. The number of thiophene rings is 1. The highest BCUT2D eigenvalue weighted by molar-refractivity contribution is 7.07. The molecule has 2 nitrogen and oxygen atoms in total. The van der Waals surface area contributed by atoms with Gasteiger partial charge in [0.1, 0.15) is 0 Å². The number of hydrogen-bond acceptors (Lipinski definition) is 2. The van der Waals surface area contributed by atoms with Gasteiger partial charge in [-0.05, 0) is 53.8 Å². The van der Waals surface area contributed by atoms with E-state index in [1.807, 2.05) is 24.4 Å². The second kappa shape index (κ2) is 6.53. The van der Waals surface area contributed by atoms with Crippen molar-refractivity contribution >= 4 is 17.2 Å². The van der Waals surface area contributed by atoms with Gasteiger partial charge in [-0.15, -0.1) is 0 Å². The molecule has 1 amide bonds. The van der Waals surface area contributed by atoms with E-state index in [1.165, 1.54) is 16.7 Å². The number of aryl methyl sites for hydroxylation is 2. The average Bonchev–Trinajstić information content (AvgIpc) is 2.90. The van der Waals surface area contributed by atoms with Crippen LogP contribution < -0.4 is 5.32 Å². The van der Waals surface area contributed by atoms with E-state index >= 15 is 0 Å². The van der Waals surface area contributed by atoms with E-state index in [-0.39, 0.29) is 11.9 Å². The van der Waals surface area contributed by atoms with Gasteiger partial charge < -0.3 is 5.32 Å². The molecule has 1 N–H and O–H groups in total. The van der Waals surface area contributed by atoms with Gasteiger partial charge in [0.2, 0.25) is 5.91 Å². The second-order valence-corrected chi connectivity index (χ2v) is 5.56. The van der Waals surface area contributed by atoms with Gasteiger partial charge in [-0.25, -0.2) is 0 Å². The highest BCUT2D eigenvalue weighted by Crippen LogP contribution is 2.17. The second-order valence-electron chi connectivity index (χ2n) is 4.78. The Balaban J connectivity index is 1.87. The van der Waals surface area contributed by atoms with Crippen molar-refractivity contribution < 1.29 is 4.79 Å². The summed E-state index contributed by atoms with van der Waals surface area (Å²) in [7, 11) is 0. The Morgan fingerprint density at radius 2 is 2.11 bits per heavy atom. The van der Waals surface area contributed by atoms with Crippen LogP contribution in [0, 0.1) is 6.92 Å². The summed E-state index contributed by atoms with van der Waals surface area (Å²) in [4.78, 5) is 11.9. The molecule has 1 atom stereocenters. The molecule has 3 heteroatoms. The number of carbonyl (C=O) groups is 1. The predicted octanol–water partition coefficient (Wildman–Crippen LogP) is 3.87. The van der Waals surface area contributed by atoms with Gasteiger partial charge >= 0.3 is 0 Å². The molecule has 0 fully saturated rings. The number of benzene rings is 1. The first-order valence-electron chi connectivity index (χ1n) is 6.53. The van der Waals surface area contributed by atoms with E-state index < -0.39 is 0 Å². The molecule has 0 aliphatic rings. The lowest BCUT2D eigenvalue weighted by Gasteiger charge is -2.16. The van der Waals surface area contributed by atoms with E-state index in [1.54, 1.807) is 11.3 Å². The van der Waals surface area contributed by atoms with Crippen LogP contribution in [0.2, 0.25) is 0 Å². The SMILES string of the molecule is Cc1ccccc1C(C)NC(=O)CCc1ccsc1. The third-order valence-electron chi connectivity index (χ3n) is 3.25. The molecule has 0 spiro atoms. The fraction of sp³-hybridized carbons (Fsp3) is 0.312. The fourth-order valence-corrected chi connectivity index (χ4v) is 2.86. The van der Waals surface area contributed by atoms with Crippen LogP contribution in [0.4, 0.5) is 0 Å². The van der Waals surface area contributed by atoms with Gasteiger partial charge in [0.15, 0.2) is 0 Å². The molecule has 0 saturated carbocycles. The number of carbonyl (C=O) groups excluding carboxylic acids is 1. The maximum Gasteiger partial charge on any atom is 0.220 e. The smallest absolute Gasteiger partial charge is 0.220 e. The Labute approximate surface area is 118 Å². The fourth-order valence-electron chi connectivity index (χ4n) is 2.16. The highest BCUT2D eigenvalue weighted by Gasteiger charge is 2.11. The first-order valence-corrected chi connectivity index (χ1v) is 7.47. The first-order chi connectivity index (χ1) is 9.16. The third-order valence-corrected chi connectivity index (χ3v) is 3.99. The number of amides is 1. The number of hydrogen-bond donors (Lipinski definition) is 1. The third kappa shape index (κ3) is 3.93. The molecule has 19 heavy (non-hydrogen) atoms. The zero-order valence-corrected chi connectivity index (χ0v) is 12.2. The Kier molecular flexibility index (Phi) is 4.74. The van der Waals surface area contributed by atoms with Crippen molar-refractivity contribution in [3.8, 4) is 0 Å². The van der Waals surface area contributed by atoms with Crippen molar-refractivity contribution in [1.82, 2.24) is 5.32 Å². The lowest BCUT2D eigenvalue weighted by Crippen LogP contribution is -2.27. The molecule has 0 bridgehead atoms. The summed E-state index contributed by atoms with van der Waals surface area (Å²) in [5.74, 6) is 0.113. The van der Waals surface area contributed by atoms with E-state index in [0.29, 0.717) is 6.42 Å². The van der Waals surface area contributed by atoms with E-state index in [9.17, 15) is 4.79 Å². The van der Waals surface area contributed by atoms with Gasteiger partial charge in [0.05, 0.1) is 6.04 Å². The zero-order valence-electron chi connectivity index (χ0n) is 11.3. The lowest BCUT2D eigenvalue weighted by atomic mass is 10.0. The van der Waals surface area contributed by atoms with Crippen LogP contribution in [0.15, 0.2) is 41.1 Å². The predicted molar refractivity (Wildman–Crippen MR) is 80.4 cm³/mol. The van der Waals surface area contributed by atoms with Crippen LogP contribution in [0.3, 0.4) is 0 Å². The van der Waals surface area contributed by atoms with Gasteiger partial charge in [-0.1, -0.05) is 24.3 Å². The van der Waals surface area contributed by atoms with Crippen LogP contribution in [0.25, 0.3) is 0 Å². The van der Waals surface area contributed by atoms with Crippen molar-refractivity contribution in [3.05, 3.63) is 57.8 Å². The molecule has 0 radical (unpaired) electrons. The average molecular weight is 273 g/mol. The standard InChI is InChI=1S/C16H19NOS/c1-12-5-3-4-6-15(12)13(2)17-16(18)8-7-14-9-10-19-11-14/h3-6,9-11,13H,7-8H2,1-2H3,(H,17,18). The van der Waals surface area contributed by atoms with Crippen LogP contribution >= 0.6 is 11.3 Å². The molecule has 1 heterocycles. The Morgan fingerprint density at radius 3 is 2.79 bits per heavy atom. The molecular formula is C16H19NOS. The molecule has 0 saturated heterocycles. The molecule has 0 aliphatic carbocycles. The minimum absolute atomic E-state index is 0.0659. The van der Waals surface area contributed by atoms with Crippen LogP contribution in [-0.2, 0) is 11.2 Å². The Hall–Kier alpha value is -1.61. The van der Waals surface area contributed by atoms with Gasteiger partial charge in [0.25, 0.3) is 0 Å². The van der Waals surface area contributed by atoms with Gasteiger partial charge in [-0.2, -0.15) is 11.3 Å². The molecule has 100 valence electrons. The maximum absolute atomic E-state index is 11.9. The molecule has 1 unspecified atom stereocenters. The van der Waals surface area contributed by atoms with Crippen molar-refractivity contribution in [1.29, 1.82) is 0 Å². The molecule has 1 aromatic carbocycles. The molecule has 1 aromatic heterocycles. The Morgan fingerprint density at radius 1 is 1.32 bits per heavy atom. The summed E-state index contributed by atoms with van der Waals surface area (Å²) in [5, 5.41) is 7.20. The van der Waals surface area contributed by atoms with Crippen molar-refractivity contribution in [2.45, 2.75) is 32.7 Å². The van der Waals surface area contributed by atoms with Crippen molar-refractivity contribution in [3.63, 3.8) is 0 Å². The lowest BCUT2D eigenvalue weighted by molar-refractivity contribution is -0.121. The Bertz CT molecular complexity index is 533. The summed E-state index contributed by atoms with van der Waals surface area (Å²) in [5.41, 5.74) is 3.64. The van der Waals surface area contributed by atoms with Crippen LogP contribution in [0.5, 0.6) is 0 Å². The van der Waals surface area contributed by atoms with Gasteiger partial charge in [-0.3, -0.25) is 4.79 Å². The molecule has 2 rings (SSSR count). The monoisotopic (exact) mass is 273 g/mol. The normalized spacial score (nSPS) is 12.1. The molecule has 0 aliphatic heterocycles. The highest BCUT2D eigenvalue weighted by atomic mass is 32.1. The van der Waals surface area contributed by atoms with Crippen LogP contribution in [-0.4, -0.2) is 5.91 Å². The van der Waals surface area contributed by atoms with Gasteiger partial charge in [0, 0.05) is 6.42 Å². The van der Waals surface area contributed by atoms with E-state index in [2.05, 4.69) is 35.8 Å². The topological polar surface area (TPSA) is 29.1 Å². The summed E-state index contributed by atoms with van der Waals surface area (Å²) in [6, 6.07) is 10.3. The van der Waals surface area contributed by atoms with Crippen molar-refractivity contribution in [2.75, 3.05) is 0 Å². The van der Waals surface area contributed by atoms with Crippen LogP contribution in [0.1, 0.15) is 36.1 Å². The molecular weight excluding hydrogens is 254 g/mol. The zero-order chi connectivity index (χ0) is 13.7. The first kappa shape index (κ1) is 13.8. The largest absolute Gasteiger partial charge is 0.350 e. The summed E-state index contributed by atoms with van der Waals surface area (Å²) < 4.78 is 0. The van der Waals surface area contributed by atoms with E-state index in [0.717, 1.165) is 6.42 Å². The van der Waals surface area contributed by atoms with Crippen molar-refractivity contribution in [2.24, 2.45) is 0 Å². The minimum Gasteiger partial charge on any atom is -0.350 e. The number of nitrogens with one attached hydrogen (secondary N) is 1. The quantitative estimate of drug-likeness (QED) is 0.880. The van der Waals surface area contributed by atoms with E-state index in [4.69, 9.17) is 0 Å². The summed E-state index contributed by atoms with van der Waals surface area (Å²) in [6.07, 6.45) is 1.36.